The number of ether oxygens (including phenoxy) is 2. The van der Waals surface area contributed by atoms with E-state index in [2.05, 4.69) is 19.9 Å². The minimum absolute atomic E-state index is 0.443. The third-order valence-corrected chi connectivity index (χ3v) is 11.7. The van der Waals surface area contributed by atoms with Crippen molar-refractivity contribution in [3.05, 3.63) is 11.6 Å². The van der Waals surface area contributed by atoms with E-state index in [9.17, 15) is 0 Å². The Balaban J connectivity index is 2.04. The number of unbranched alkanes of at least 4 members (excludes halogenated alkanes) is 6. The van der Waals surface area contributed by atoms with Crippen LogP contribution < -0.4 is 0 Å². The second-order valence-corrected chi connectivity index (χ2v) is 14.4. The summed E-state index contributed by atoms with van der Waals surface area (Å²) in [4.78, 5) is 0. The highest BCUT2D eigenvalue weighted by Gasteiger charge is 2.51. The molecule has 3 fully saturated rings. The molecule has 0 aliphatic heterocycles. The predicted octanol–water partition coefficient (Wildman–Crippen LogP) is 11.7. The summed E-state index contributed by atoms with van der Waals surface area (Å²) in [5.41, 5.74) is 2.24. The number of hydrogen-bond acceptors (Lipinski definition) is 2. The molecule has 2 heteroatoms. The van der Waals surface area contributed by atoms with Crippen molar-refractivity contribution in [1.29, 1.82) is 0 Å². The van der Waals surface area contributed by atoms with E-state index in [0.29, 0.717) is 11.3 Å². The van der Waals surface area contributed by atoms with Crippen molar-refractivity contribution >= 4 is 0 Å². The molecule has 1 spiro atoms. The molecule has 3 saturated carbocycles. The average molecular weight is 559 g/mol. The molecule has 0 amide bonds. The van der Waals surface area contributed by atoms with Gasteiger partial charge in [0.25, 0.3) is 0 Å². The fourth-order valence-electron chi connectivity index (χ4n) is 9.47. The lowest BCUT2D eigenvalue weighted by Gasteiger charge is -2.56. The summed E-state index contributed by atoms with van der Waals surface area (Å²) in [5.74, 6) is 3.91. The molecule has 0 N–H and O–H groups in total. The summed E-state index contributed by atoms with van der Waals surface area (Å²) >= 11 is 0. The van der Waals surface area contributed by atoms with Crippen LogP contribution in [0.15, 0.2) is 11.6 Å². The van der Waals surface area contributed by atoms with Crippen LogP contribution in [-0.4, -0.2) is 27.4 Å². The minimum Gasteiger partial charge on any atom is -0.384 e. The zero-order chi connectivity index (χ0) is 28.5. The molecule has 0 radical (unpaired) electrons. The first kappa shape index (κ1) is 34.2. The van der Waals surface area contributed by atoms with Crippen LogP contribution in [0.5, 0.6) is 0 Å². The molecule has 3 rings (SSSR count). The van der Waals surface area contributed by atoms with Crippen molar-refractivity contribution in [3.63, 3.8) is 0 Å². The van der Waals surface area contributed by atoms with E-state index >= 15 is 0 Å². The van der Waals surface area contributed by atoms with Gasteiger partial charge in [-0.25, -0.2) is 0 Å². The fraction of sp³-hybridized carbons (Fsp3) is 0.947. The van der Waals surface area contributed by atoms with Crippen molar-refractivity contribution < 1.29 is 9.47 Å². The van der Waals surface area contributed by atoms with Crippen LogP contribution in [0.3, 0.4) is 0 Å². The van der Waals surface area contributed by atoms with Crippen LogP contribution in [0.2, 0.25) is 0 Å². The highest BCUT2D eigenvalue weighted by Crippen LogP contribution is 2.59. The Hall–Kier alpha value is -0.340. The van der Waals surface area contributed by atoms with Crippen LogP contribution in [0.25, 0.3) is 0 Å². The molecule has 2 nitrogen and oxygen atoms in total. The van der Waals surface area contributed by atoms with Gasteiger partial charge in [-0.3, -0.25) is 0 Å². The van der Waals surface area contributed by atoms with Gasteiger partial charge >= 0.3 is 0 Å². The molecule has 0 aromatic rings. The quantitative estimate of drug-likeness (QED) is 0.147. The molecule has 0 aromatic carbocycles. The monoisotopic (exact) mass is 559 g/mol. The molecule has 6 atom stereocenters. The molecule has 0 aromatic heterocycles. The fourth-order valence-corrected chi connectivity index (χ4v) is 9.47. The van der Waals surface area contributed by atoms with Gasteiger partial charge < -0.3 is 9.47 Å². The molecule has 0 saturated heterocycles. The zero-order valence-corrected chi connectivity index (χ0v) is 27.7. The van der Waals surface area contributed by atoms with Crippen LogP contribution in [0.1, 0.15) is 168 Å². The second kappa shape index (κ2) is 19.8. The molecular formula is C38H70O2. The summed E-state index contributed by atoms with van der Waals surface area (Å²) < 4.78 is 12.0. The number of methoxy groups -OCH3 is 2. The Morgan fingerprint density at radius 3 is 2.08 bits per heavy atom. The highest BCUT2D eigenvalue weighted by atomic mass is 16.5. The summed E-state index contributed by atoms with van der Waals surface area (Å²) in [7, 11) is 3.91. The predicted molar refractivity (Wildman–Crippen MR) is 174 cm³/mol. The average Bonchev–Trinajstić information content (AvgIpc) is 2.94. The topological polar surface area (TPSA) is 18.5 Å². The Bertz CT molecular complexity index is 670. The molecule has 0 heterocycles. The molecule has 6 unspecified atom stereocenters. The lowest BCUT2D eigenvalue weighted by molar-refractivity contribution is -0.0643. The first-order valence-electron chi connectivity index (χ1n) is 18.4. The molecule has 3 aliphatic rings. The van der Waals surface area contributed by atoms with Gasteiger partial charge in [-0.2, -0.15) is 0 Å². The van der Waals surface area contributed by atoms with Crippen LogP contribution >= 0.6 is 0 Å². The van der Waals surface area contributed by atoms with Crippen LogP contribution in [0.4, 0.5) is 0 Å². The van der Waals surface area contributed by atoms with Gasteiger partial charge in [0, 0.05) is 26.7 Å². The first-order valence-corrected chi connectivity index (χ1v) is 18.4. The van der Waals surface area contributed by atoms with Crippen molar-refractivity contribution in [2.75, 3.05) is 27.4 Å². The second-order valence-electron chi connectivity index (χ2n) is 14.4. The third-order valence-electron chi connectivity index (χ3n) is 11.7. The Morgan fingerprint density at radius 1 is 0.675 bits per heavy atom. The van der Waals surface area contributed by atoms with E-state index in [4.69, 9.17) is 9.47 Å². The lowest BCUT2D eigenvalue weighted by Crippen LogP contribution is -2.49. The van der Waals surface area contributed by atoms with E-state index in [1.165, 1.54) is 154 Å². The summed E-state index contributed by atoms with van der Waals surface area (Å²) in [5, 5.41) is 0. The minimum atomic E-state index is 0.443. The first-order chi connectivity index (χ1) is 19.7. The van der Waals surface area contributed by atoms with Gasteiger partial charge in [-0.15, -0.1) is 0 Å². The highest BCUT2D eigenvalue weighted by molar-refractivity contribution is 5.16. The van der Waals surface area contributed by atoms with Gasteiger partial charge in [-0.1, -0.05) is 128 Å². The number of rotatable bonds is 15. The molecule has 0 bridgehead atoms. The van der Waals surface area contributed by atoms with E-state index < -0.39 is 0 Å². The maximum absolute atomic E-state index is 6.07. The van der Waals surface area contributed by atoms with Crippen molar-refractivity contribution in [2.24, 2.45) is 35.0 Å². The molecule has 40 heavy (non-hydrogen) atoms. The van der Waals surface area contributed by atoms with E-state index in [1.54, 1.807) is 5.57 Å². The third kappa shape index (κ3) is 10.1. The normalized spacial score (nSPS) is 33.4. The van der Waals surface area contributed by atoms with E-state index in [0.717, 1.165) is 36.9 Å². The standard InChI is InChI=1S/C38H70O2/c1-5-7-9-15-21-32-26-28-38(27-20-14-13-18-24-35(38)31-40-4)37(36(32)25-19-10-8-6-2)29-33-22-16-11-12-17-23-34(33)30-39-3/h29,32,34-37H,5-28,30-31H2,1-4H3/b33-29+. The van der Waals surface area contributed by atoms with Gasteiger partial charge in [0.2, 0.25) is 0 Å². The van der Waals surface area contributed by atoms with Gasteiger partial charge in [0.15, 0.2) is 0 Å². The Labute approximate surface area is 251 Å². The Kier molecular flexibility index (Phi) is 16.9. The summed E-state index contributed by atoms with van der Waals surface area (Å²) in [6, 6.07) is 0. The lowest BCUT2D eigenvalue weighted by atomic mass is 9.49. The molecule has 234 valence electrons. The van der Waals surface area contributed by atoms with Crippen molar-refractivity contribution in [3.8, 4) is 0 Å². The molecule has 3 aliphatic carbocycles. The van der Waals surface area contributed by atoms with Gasteiger partial charge in [-0.05, 0) is 80.5 Å². The smallest absolute Gasteiger partial charge is 0.0527 e. The maximum Gasteiger partial charge on any atom is 0.0527 e. The van der Waals surface area contributed by atoms with Crippen molar-refractivity contribution in [1.82, 2.24) is 0 Å². The van der Waals surface area contributed by atoms with Gasteiger partial charge in [0.1, 0.15) is 0 Å². The largest absolute Gasteiger partial charge is 0.384 e. The zero-order valence-electron chi connectivity index (χ0n) is 27.7. The number of hydrogen-bond donors (Lipinski definition) is 0. The van der Waals surface area contributed by atoms with Crippen LogP contribution in [0, 0.1) is 35.0 Å². The van der Waals surface area contributed by atoms with E-state index in [1.807, 2.05) is 14.2 Å². The summed E-state index contributed by atoms with van der Waals surface area (Å²) in [6.45, 7) is 6.63. The van der Waals surface area contributed by atoms with E-state index in [-0.39, 0.29) is 0 Å². The van der Waals surface area contributed by atoms with Crippen LogP contribution in [-0.2, 0) is 9.47 Å². The van der Waals surface area contributed by atoms with Gasteiger partial charge in [0.05, 0.1) is 6.61 Å². The summed E-state index contributed by atoms with van der Waals surface area (Å²) in [6.07, 6.45) is 36.9. The SMILES string of the molecule is CCCCCCC1CCC2(CCCCCCC2COC)C(/C=C2\CCCCCCC2COC)C1CCCCCC. The van der Waals surface area contributed by atoms with Crippen molar-refractivity contribution in [2.45, 2.75) is 168 Å². The molecular weight excluding hydrogens is 488 g/mol. The maximum atomic E-state index is 6.07. The number of allylic oxidation sites excluding steroid dienone is 1. The Morgan fingerprint density at radius 2 is 1.35 bits per heavy atom.